The molecular weight excluding hydrogens is 186 g/mol. The fourth-order valence-electron chi connectivity index (χ4n) is 1.63. The minimum Gasteiger partial charge on any atom is -0.331 e. The standard InChI is InChI=1S/C12H23N3/c1-5-10(3)14-9-11(4)15-8-7-13-12(15)6-2/h7-8,10-11,14H,5-6,9H2,1-4H3. The van der Waals surface area contributed by atoms with Crippen LogP contribution < -0.4 is 5.32 Å². The lowest BCUT2D eigenvalue weighted by atomic mass is 10.2. The van der Waals surface area contributed by atoms with Gasteiger partial charge in [0.15, 0.2) is 0 Å². The van der Waals surface area contributed by atoms with E-state index in [1.807, 2.05) is 6.20 Å². The van der Waals surface area contributed by atoms with Gasteiger partial charge in [-0.1, -0.05) is 13.8 Å². The Balaban J connectivity index is 2.49. The van der Waals surface area contributed by atoms with E-state index in [0.717, 1.165) is 13.0 Å². The molecule has 1 rings (SSSR count). The molecule has 0 fully saturated rings. The number of rotatable bonds is 6. The van der Waals surface area contributed by atoms with E-state index < -0.39 is 0 Å². The Morgan fingerprint density at radius 3 is 2.73 bits per heavy atom. The maximum atomic E-state index is 4.34. The molecule has 0 aliphatic rings. The molecule has 0 amide bonds. The van der Waals surface area contributed by atoms with Gasteiger partial charge < -0.3 is 9.88 Å². The van der Waals surface area contributed by atoms with Crippen molar-refractivity contribution in [2.45, 2.75) is 52.6 Å². The molecule has 0 aromatic carbocycles. The Morgan fingerprint density at radius 2 is 2.13 bits per heavy atom. The van der Waals surface area contributed by atoms with Gasteiger partial charge in [-0.05, 0) is 20.3 Å². The maximum Gasteiger partial charge on any atom is 0.108 e. The van der Waals surface area contributed by atoms with Crippen LogP contribution in [0.2, 0.25) is 0 Å². The summed E-state index contributed by atoms with van der Waals surface area (Å²) >= 11 is 0. The molecule has 1 aromatic heterocycles. The number of hydrogen-bond acceptors (Lipinski definition) is 2. The average molecular weight is 209 g/mol. The van der Waals surface area contributed by atoms with E-state index in [1.54, 1.807) is 0 Å². The Hall–Kier alpha value is -0.830. The summed E-state index contributed by atoms with van der Waals surface area (Å²) in [4.78, 5) is 4.34. The molecule has 0 radical (unpaired) electrons. The van der Waals surface area contributed by atoms with Crippen molar-refractivity contribution in [1.82, 2.24) is 14.9 Å². The molecule has 1 aromatic rings. The molecule has 0 saturated heterocycles. The van der Waals surface area contributed by atoms with Crippen LogP contribution >= 0.6 is 0 Å². The smallest absolute Gasteiger partial charge is 0.108 e. The zero-order chi connectivity index (χ0) is 11.3. The summed E-state index contributed by atoms with van der Waals surface area (Å²) in [6, 6.07) is 1.08. The normalized spacial score (nSPS) is 15.2. The molecule has 3 heteroatoms. The topological polar surface area (TPSA) is 29.9 Å². The van der Waals surface area contributed by atoms with Crippen molar-refractivity contribution < 1.29 is 0 Å². The number of aromatic nitrogens is 2. The SMILES string of the molecule is CCc1nccn1C(C)CNC(C)CC. The van der Waals surface area contributed by atoms with Crippen LogP contribution in [0, 0.1) is 0 Å². The van der Waals surface area contributed by atoms with Crippen molar-refractivity contribution in [3.05, 3.63) is 18.2 Å². The Kier molecular flexibility index (Phi) is 4.82. The van der Waals surface area contributed by atoms with E-state index in [9.17, 15) is 0 Å². The van der Waals surface area contributed by atoms with Crippen LogP contribution in [0.3, 0.4) is 0 Å². The molecule has 3 nitrogen and oxygen atoms in total. The van der Waals surface area contributed by atoms with Gasteiger partial charge in [-0.15, -0.1) is 0 Å². The lowest BCUT2D eigenvalue weighted by Gasteiger charge is -2.19. The third-order valence-electron chi connectivity index (χ3n) is 2.91. The molecule has 0 spiro atoms. The molecule has 0 bridgehead atoms. The van der Waals surface area contributed by atoms with Crippen LogP contribution in [0.1, 0.15) is 46.0 Å². The zero-order valence-corrected chi connectivity index (χ0v) is 10.3. The molecule has 2 unspecified atom stereocenters. The summed E-state index contributed by atoms with van der Waals surface area (Å²) in [6.45, 7) is 9.82. The monoisotopic (exact) mass is 209 g/mol. The van der Waals surface area contributed by atoms with E-state index in [1.165, 1.54) is 12.2 Å². The average Bonchev–Trinajstić information content (AvgIpc) is 2.73. The van der Waals surface area contributed by atoms with Gasteiger partial charge in [-0.25, -0.2) is 4.98 Å². The zero-order valence-electron chi connectivity index (χ0n) is 10.3. The van der Waals surface area contributed by atoms with Crippen LogP contribution in [0.5, 0.6) is 0 Å². The first-order chi connectivity index (χ1) is 7.19. The molecule has 2 atom stereocenters. The Morgan fingerprint density at radius 1 is 1.40 bits per heavy atom. The molecule has 86 valence electrons. The van der Waals surface area contributed by atoms with E-state index in [-0.39, 0.29) is 0 Å². The largest absolute Gasteiger partial charge is 0.331 e. The first-order valence-corrected chi connectivity index (χ1v) is 5.94. The van der Waals surface area contributed by atoms with Crippen LogP contribution in [0.25, 0.3) is 0 Å². The second-order valence-corrected chi connectivity index (χ2v) is 4.17. The van der Waals surface area contributed by atoms with E-state index in [2.05, 4.69) is 48.8 Å². The van der Waals surface area contributed by atoms with Gasteiger partial charge in [0, 0.05) is 37.4 Å². The second kappa shape index (κ2) is 5.91. The fraction of sp³-hybridized carbons (Fsp3) is 0.750. The number of nitrogens with one attached hydrogen (secondary N) is 1. The first-order valence-electron chi connectivity index (χ1n) is 5.94. The van der Waals surface area contributed by atoms with Crippen LogP contribution in [-0.2, 0) is 6.42 Å². The molecule has 0 aliphatic heterocycles. The van der Waals surface area contributed by atoms with Crippen molar-refractivity contribution in [3.63, 3.8) is 0 Å². The Labute approximate surface area is 92.9 Å². The highest BCUT2D eigenvalue weighted by atomic mass is 15.1. The van der Waals surface area contributed by atoms with E-state index in [4.69, 9.17) is 0 Å². The van der Waals surface area contributed by atoms with Gasteiger partial charge in [0.2, 0.25) is 0 Å². The lowest BCUT2D eigenvalue weighted by Crippen LogP contribution is -2.31. The number of hydrogen-bond donors (Lipinski definition) is 1. The highest BCUT2D eigenvalue weighted by Gasteiger charge is 2.09. The van der Waals surface area contributed by atoms with Crippen LogP contribution in [-0.4, -0.2) is 22.1 Å². The molecule has 1 N–H and O–H groups in total. The summed E-state index contributed by atoms with van der Waals surface area (Å²) in [7, 11) is 0. The van der Waals surface area contributed by atoms with Crippen molar-refractivity contribution in [2.24, 2.45) is 0 Å². The second-order valence-electron chi connectivity index (χ2n) is 4.17. The van der Waals surface area contributed by atoms with Gasteiger partial charge in [-0.2, -0.15) is 0 Å². The van der Waals surface area contributed by atoms with Gasteiger partial charge in [0.25, 0.3) is 0 Å². The van der Waals surface area contributed by atoms with Crippen LogP contribution in [0.15, 0.2) is 12.4 Å². The summed E-state index contributed by atoms with van der Waals surface area (Å²) in [5, 5.41) is 3.52. The fourth-order valence-corrected chi connectivity index (χ4v) is 1.63. The van der Waals surface area contributed by atoms with Crippen molar-refractivity contribution in [1.29, 1.82) is 0 Å². The number of aryl methyl sites for hydroxylation is 1. The maximum absolute atomic E-state index is 4.34. The first kappa shape index (κ1) is 12.2. The van der Waals surface area contributed by atoms with E-state index >= 15 is 0 Å². The van der Waals surface area contributed by atoms with Crippen molar-refractivity contribution in [3.8, 4) is 0 Å². The third-order valence-corrected chi connectivity index (χ3v) is 2.91. The predicted molar refractivity (Wildman–Crippen MR) is 64.1 cm³/mol. The number of imidazole rings is 1. The van der Waals surface area contributed by atoms with Gasteiger partial charge >= 0.3 is 0 Å². The van der Waals surface area contributed by atoms with Gasteiger partial charge in [-0.3, -0.25) is 0 Å². The Bertz CT molecular complexity index is 280. The van der Waals surface area contributed by atoms with Crippen molar-refractivity contribution >= 4 is 0 Å². The molecule has 0 aliphatic carbocycles. The summed E-state index contributed by atoms with van der Waals surface area (Å²) in [6.07, 6.45) is 6.14. The lowest BCUT2D eigenvalue weighted by molar-refractivity contribution is 0.437. The summed E-state index contributed by atoms with van der Waals surface area (Å²) in [5.74, 6) is 1.17. The summed E-state index contributed by atoms with van der Waals surface area (Å²) < 4.78 is 2.26. The number of nitrogens with zero attached hydrogens (tertiary/aromatic N) is 2. The quantitative estimate of drug-likeness (QED) is 0.779. The van der Waals surface area contributed by atoms with Gasteiger partial charge in [0.1, 0.15) is 5.82 Å². The molecule has 1 heterocycles. The van der Waals surface area contributed by atoms with Gasteiger partial charge in [0.05, 0.1) is 0 Å². The van der Waals surface area contributed by atoms with Crippen molar-refractivity contribution in [2.75, 3.05) is 6.54 Å². The van der Waals surface area contributed by atoms with Crippen LogP contribution in [0.4, 0.5) is 0 Å². The third kappa shape index (κ3) is 3.34. The summed E-state index contributed by atoms with van der Waals surface area (Å²) in [5.41, 5.74) is 0. The minimum absolute atomic E-state index is 0.483. The molecule has 15 heavy (non-hydrogen) atoms. The highest BCUT2D eigenvalue weighted by Crippen LogP contribution is 2.09. The molecular formula is C12H23N3. The molecule has 0 saturated carbocycles. The predicted octanol–water partition coefficient (Wildman–Crippen LogP) is 2.39. The van der Waals surface area contributed by atoms with E-state index in [0.29, 0.717) is 12.1 Å². The minimum atomic E-state index is 0.483. The highest BCUT2D eigenvalue weighted by molar-refractivity contribution is 4.94.